The average Bonchev–Trinajstić information content (AvgIpc) is 2.68. The number of benzene rings is 1. The number of halogens is 2. The van der Waals surface area contributed by atoms with Crippen LogP contribution < -0.4 is 0 Å². The molecule has 5 heteroatoms. The number of fused-ring (bicyclic) bond motifs is 1. The van der Waals surface area contributed by atoms with Crippen LogP contribution in [0.2, 0.25) is 5.02 Å². The van der Waals surface area contributed by atoms with Crippen LogP contribution >= 0.6 is 27.5 Å². The third kappa shape index (κ3) is 1.73. The number of aromatic nitrogens is 3. The molecule has 0 saturated heterocycles. The van der Waals surface area contributed by atoms with E-state index in [4.69, 9.17) is 11.6 Å². The van der Waals surface area contributed by atoms with Crippen molar-refractivity contribution in [2.24, 2.45) is 0 Å². The first-order valence-corrected chi connectivity index (χ1v) is 6.18. The summed E-state index contributed by atoms with van der Waals surface area (Å²) in [5, 5.41) is 6.02. The van der Waals surface area contributed by atoms with Gasteiger partial charge in [0, 0.05) is 6.20 Å². The van der Waals surface area contributed by atoms with Crippen molar-refractivity contribution in [3.05, 3.63) is 52.2 Å². The van der Waals surface area contributed by atoms with E-state index in [-0.39, 0.29) is 0 Å². The van der Waals surface area contributed by atoms with Crippen molar-refractivity contribution in [3.63, 3.8) is 0 Å². The van der Waals surface area contributed by atoms with Crippen molar-refractivity contribution < 1.29 is 0 Å². The zero-order valence-corrected chi connectivity index (χ0v) is 11.0. The molecule has 3 aromatic rings. The van der Waals surface area contributed by atoms with Crippen LogP contribution in [0.5, 0.6) is 0 Å². The van der Waals surface area contributed by atoms with Crippen LogP contribution in [0.1, 0.15) is 0 Å². The normalized spacial score (nSPS) is 10.9. The summed E-state index contributed by atoms with van der Waals surface area (Å²) in [6, 6.07) is 11.4. The predicted octanol–water partition coefficient (Wildman–Crippen LogP) is 3.84. The Balaban J connectivity index is 2.35. The molecule has 0 aliphatic rings. The van der Waals surface area contributed by atoms with Gasteiger partial charge in [-0.3, -0.25) is 0 Å². The summed E-state index contributed by atoms with van der Waals surface area (Å²) in [4.78, 5) is 4.33. The molecule has 0 spiro atoms. The second-order valence-electron chi connectivity index (χ2n) is 3.53. The third-order valence-electron chi connectivity index (χ3n) is 2.48. The summed E-state index contributed by atoms with van der Waals surface area (Å²) in [5.74, 6) is 0. The molecule has 3 nitrogen and oxygen atoms in total. The zero-order chi connectivity index (χ0) is 11.8. The summed E-state index contributed by atoms with van der Waals surface area (Å²) in [6.07, 6.45) is 1.74. The second-order valence-corrected chi connectivity index (χ2v) is 4.69. The van der Waals surface area contributed by atoms with E-state index in [1.54, 1.807) is 10.9 Å². The van der Waals surface area contributed by atoms with Crippen molar-refractivity contribution >= 4 is 38.6 Å². The van der Waals surface area contributed by atoms with Gasteiger partial charge < -0.3 is 0 Å². The van der Waals surface area contributed by atoms with E-state index < -0.39 is 0 Å². The minimum absolute atomic E-state index is 0.648. The van der Waals surface area contributed by atoms with E-state index in [1.165, 1.54) is 0 Å². The van der Waals surface area contributed by atoms with E-state index in [0.29, 0.717) is 5.02 Å². The van der Waals surface area contributed by atoms with Gasteiger partial charge in [0.25, 0.3) is 0 Å². The van der Waals surface area contributed by atoms with Gasteiger partial charge in [0.05, 0.1) is 16.1 Å². The number of nitrogens with zero attached hydrogens (tertiary/aromatic N) is 3. The molecule has 0 aliphatic carbocycles. The van der Waals surface area contributed by atoms with E-state index >= 15 is 0 Å². The second kappa shape index (κ2) is 4.13. The molecule has 2 heterocycles. The van der Waals surface area contributed by atoms with E-state index in [1.807, 2.05) is 36.4 Å². The average molecular weight is 309 g/mol. The molecule has 1 aromatic carbocycles. The molecule has 0 saturated carbocycles. The van der Waals surface area contributed by atoms with Gasteiger partial charge in [0.2, 0.25) is 0 Å². The molecule has 0 N–H and O–H groups in total. The van der Waals surface area contributed by atoms with E-state index in [2.05, 4.69) is 26.0 Å². The number of pyridine rings is 1. The van der Waals surface area contributed by atoms with Gasteiger partial charge in [-0.05, 0) is 40.2 Å². The number of hydrogen-bond acceptors (Lipinski definition) is 2. The van der Waals surface area contributed by atoms with Gasteiger partial charge in [-0.2, -0.15) is 5.10 Å². The molecule has 3 rings (SSSR count). The summed E-state index contributed by atoms with van der Waals surface area (Å²) in [5.41, 5.74) is 1.61. The Morgan fingerprint density at radius 3 is 2.76 bits per heavy atom. The fourth-order valence-corrected chi connectivity index (χ4v) is 2.39. The van der Waals surface area contributed by atoms with Crippen LogP contribution in [0, 0.1) is 0 Å². The topological polar surface area (TPSA) is 30.7 Å². The molecule has 84 valence electrons. The van der Waals surface area contributed by atoms with Crippen molar-refractivity contribution in [2.75, 3.05) is 0 Å². The largest absolute Gasteiger partial charge is 0.236 e. The molecule has 0 aliphatic heterocycles. The van der Waals surface area contributed by atoms with Gasteiger partial charge in [0.15, 0.2) is 5.65 Å². The molecule has 0 bridgehead atoms. The smallest absolute Gasteiger partial charge is 0.164 e. The molecule has 0 fully saturated rings. The highest BCUT2D eigenvalue weighted by Crippen LogP contribution is 2.27. The lowest BCUT2D eigenvalue weighted by Crippen LogP contribution is -1.98. The van der Waals surface area contributed by atoms with Gasteiger partial charge >= 0.3 is 0 Å². The summed E-state index contributed by atoms with van der Waals surface area (Å²) in [6.45, 7) is 0. The van der Waals surface area contributed by atoms with Crippen molar-refractivity contribution in [3.8, 4) is 5.69 Å². The van der Waals surface area contributed by atoms with Crippen LogP contribution in [0.25, 0.3) is 16.7 Å². The SMILES string of the molecule is Clc1ccccc1-n1nc(Br)c2cccnc21. The lowest BCUT2D eigenvalue weighted by Gasteiger charge is -2.04. The highest BCUT2D eigenvalue weighted by atomic mass is 79.9. The Labute approximate surface area is 111 Å². The zero-order valence-electron chi connectivity index (χ0n) is 8.64. The van der Waals surface area contributed by atoms with Crippen molar-refractivity contribution in [1.82, 2.24) is 14.8 Å². The van der Waals surface area contributed by atoms with Crippen LogP contribution in [0.4, 0.5) is 0 Å². The fraction of sp³-hybridized carbons (Fsp3) is 0. The van der Waals surface area contributed by atoms with Crippen molar-refractivity contribution in [1.29, 1.82) is 0 Å². The monoisotopic (exact) mass is 307 g/mol. The number of rotatable bonds is 1. The Morgan fingerprint density at radius 2 is 1.94 bits per heavy atom. The number of para-hydroxylation sites is 1. The van der Waals surface area contributed by atoms with Gasteiger partial charge in [-0.15, -0.1) is 0 Å². The van der Waals surface area contributed by atoms with Crippen LogP contribution in [-0.2, 0) is 0 Å². The van der Waals surface area contributed by atoms with Gasteiger partial charge in [-0.25, -0.2) is 9.67 Å². The van der Waals surface area contributed by atoms with Gasteiger partial charge in [0.1, 0.15) is 4.60 Å². The minimum atomic E-state index is 0.648. The van der Waals surface area contributed by atoms with Crippen LogP contribution in [-0.4, -0.2) is 14.8 Å². The fourth-order valence-electron chi connectivity index (χ4n) is 1.71. The molecule has 0 amide bonds. The Kier molecular flexibility index (Phi) is 2.61. The Morgan fingerprint density at radius 1 is 1.12 bits per heavy atom. The summed E-state index contributed by atoms with van der Waals surface area (Å²) < 4.78 is 2.50. The molecule has 2 aromatic heterocycles. The molecule has 0 unspecified atom stereocenters. The Hall–Kier alpha value is -1.39. The standard InChI is InChI=1S/C12H7BrClN3/c13-11-8-4-3-7-15-12(8)17(16-11)10-6-2-1-5-9(10)14/h1-7H. The molecule has 0 atom stereocenters. The van der Waals surface area contributed by atoms with E-state index in [9.17, 15) is 0 Å². The predicted molar refractivity (Wildman–Crippen MR) is 71.6 cm³/mol. The highest BCUT2D eigenvalue weighted by molar-refractivity contribution is 9.10. The third-order valence-corrected chi connectivity index (χ3v) is 3.38. The molecule has 0 radical (unpaired) electrons. The summed E-state index contributed by atoms with van der Waals surface area (Å²) in [7, 11) is 0. The maximum Gasteiger partial charge on any atom is 0.164 e. The first kappa shape index (κ1) is 10.7. The highest BCUT2D eigenvalue weighted by Gasteiger charge is 2.12. The van der Waals surface area contributed by atoms with Crippen molar-refractivity contribution in [2.45, 2.75) is 0 Å². The van der Waals surface area contributed by atoms with E-state index in [0.717, 1.165) is 21.3 Å². The van der Waals surface area contributed by atoms with Crippen LogP contribution in [0.15, 0.2) is 47.2 Å². The quantitative estimate of drug-likeness (QED) is 0.684. The lowest BCUT2D eigenvalue weighted by atomic mass is 10.3. The maximum atomic E-state index is 6.16. The van der Waals surface area contributed by atoms with Gasteiger partial charge in [-0.1, -0.05) is 23.7 Å². The summed E-state index contributed by atoms with van der Waals surface area (Å²) >= 11 is 9.59. The molecule has 17 heavy (non-hydrogen) atoms. The first-order chi connectivity index (χ1) is 8.27. The van der Waals surface area contributed by atoms with Crippen LogP contribution in [0.3, 0.4) is 0 Å². The minimum Gasteiger partial charge on any atom is -0.236 e. The molecular formula is C12H7BrClN3. The molecular weight excluding hydrogens is 302 g/mol. The first-order valence-electron chi connectivity index (χ1n) is 5.01. The Bertz CT molecular complexity index is 693. The maximum absolute atomic E-state index is 6.16. The number of hydrogen-bond donors (Lipinski definition) is 0. The lowest BCUT2D eigenvalue weighted by molar-refractivity contribution is 0.886.